The quantitative estimate of drug-likeness (QED) is 0.408. The van der Waals surface area contributed by atoms with Crippen LogP contribution < -0.4 is 5.32 Å². The average molecular weight is 381 g/mol. The highest BCUT2D eigenvalue weighted by molar-refractivity contribution is 5.85. The Balaban J connectivity index is 0.00000312. The van der Waals surface area contributed by atoms with Crippen molar-refractivity contribution in [3.8, 4) is 0 Å². The third-order valence-electron chi connectivity index (χ3n) is 4.42. The Bertz CT molecular complexity index is 542. The molecule has 0 unspecified atom stereocenters. The predicted molar refractivity (Wildman–Crippen MR) is 94.5 cm³/mol. The third kappa shape index (κ3) is 5.97. The molecular formula is C18H25ClF4N2. The number of hydrogen-bond donors (Lipinski definition) is 1. The second-order valence-electron chi connectivity index (χ2n) is 6.07. The van der Waals surface area contributed by atoms with Crippen molar-refractivity contribution in [3.63, 3.8) is 0 Å². The van der Waals surface area contributed by atoms with Crippen LogP contribution in [-0.4, -0.2) is 31.1 Å². The molecule has 25 heavy (non-hydrogen) atoms. The van der Waals surface area contributed by atoms with Crippen LogP contribution in [0.25, 0.3) is 0 Å². The van der Waals surface area contributed by atoms with E-state index in [-0.39, 0.29) is 18.0 Å². The van der Waals surface area contributed by atoms with E-state index in [2.05, 4.69) is 11.9 Å². The van der Waals surface area contributed by atoms with E-state index in [1.165, 1.54) is 0 Å². The Kier molecular flexibility index (Phi) is 8.89. The van der Waals surface area contributed by atoms with E-state index in [1.807, 2.05) is 4.90 Å². The number of benzene rings is 1. The summed E-state index contributed by atoms with van der Waals surface area (Å²) in [6.45, 7) is 6.32. The van der Waals surface area contributed by atoms with Gasteiger partial charge in [-0.3, -0.25) is 4.90 Å². The summed E-state index contributed by atoms with van der Waals surface area (Å²) in [4.78, 5) is 1.97. The average Bonchev–Trinajstić information content (AvgIpc) is 2.55. The number of nitrogens with one attached hydrogen (secondary N) is 1. The minimum absolute atomic E-state index is 0. The fourth-order valence-electron chi connectivity index (χ4n) is 3.25. The van der Waals surface area contributed by atoms with Crippen molar-refractivity contribution in [3.05, 3.63) is 47.8 Å². The number of alkyl halides is 3. The molecule has 0 spiro atoms. The van der Waals surface area contributed by atoms with Crippen LogP contribution in [0.2, 0.25) is 0 Å². The van der Waals surface area contributed by atoms with E-state index >= 15 is 0 Å². The van der Waals surface area contributed by atoms with E-state index in [4.69, 9.17) is 0 Å². The molecule has 7 heteroatoms. The normalized spacial score (nSPS) is 17.0. The minimum Gasteiger partial charge on any atom is -0.314 e. The van der Waals surface area contributed by atoms with Gasteiger partial charge in [-0.05, 0) is 31.4 Å². The molecule has 0 saturated carbocycles. The summed E-state index contributed by atoms with van der Waals surface area (Å²) in [6, 6.07) is 2.70. The SMILES string of the molecule is C=CCCCC[C@@H](c1c(F)cccc1C(F)(F)F)N1CCNCC1.Cl. The summed E-state index contributed by atoms with van der Waals surface area (Å²) >= 11 is 0. The van der Waals surface area contributed by atoms with Crippen LogP contribution in [0.4, 0.5) is 17.6 Å². The molecule has 1 aliphatic rings. The van der Waals surface area contributed by atoms with Gasteiger partial charge in [0, 0.05) is 37.8 Å². The highest BCUT2D eigenvalue weighted by Gasteiger charge is 2.38. The summed E-state index contributed by atoms with van der Waals surface area (Å²) in [5.41, 5.74) is -1.06. The maximum atomic E-state index is 14.4. The predicted octanol–water partition coefficient (Wildman–Crippen LogP) is 4.96. The monoisotopic (exact) mass is 380 g/mol. The number of hydrogen-bond acceptors (Lipinski definition) is 2. The molecule has 0 amide bonds. The molecule has 1 heterocycles. The van der Waals surface area contributed by atoms with Crippen molar-refractivity contribution < 1.29 is 17.6 Å². The fourth-order valence-corrected chi connectivity index (χ4v) is 3.25. The fraction of sp³-hybridized carbons (Fsp3) is 0.556. The summed E-state index contributed by atoms with van der Waals surface area (Å²) in [7, 11) is 0. The topological polar surface area (TPSA) is 15.3 Å². The first-order valence-corrected chi connectivity index (χ1v) is 8.36. The Morgan fingerprint density at radius 3 is 2.48 bits per heavy atom. The summed E-state index contributed by atoms with van der Waals surface area (Å²) < 4.78 is 54.6. The standard InChI is InChI=1S/C18H24F4N2.ClH/c1-2-3-4-5-9-16(24-12-10-23-11-13-24)17-14(18(20,21)22)7-6-8-15(17)19;/h2,6-8,16,23H,1,3-5,9-13H2;1H/t16-;/m0./s1. The first-order chi connectivity index (χ1) is 11.4. The maximum absolute atomic E-state index is 14.4. The molecular weight excluding hydrogens is 356 g/mol. The highest BCUT2D eigenvalue weighted by atomic mass is 35.5. The van der Waals surface area contributed by atoms with Gasteiger partial charge in [0.1, 0.15) is 5.82 Å². The molecule has 1 aliphatic heterocycles. The molecule has 2 nitrogen and oxygen atoms in total. The van der Waals surface area contributed by atoms with E-state index in [1.54, 1.807) is 6.08 Å². The van der Waals surface area contributed by atoms with Crippen molar-refractivity contribution in [2.75, 3.05) is 26.2 Å². The molecule has 1 aromatic carbocycles. The molecule has 0 bridgehead atoms. The number of piperazine rings is 1. The number of halogens is 5. The van der Waals surface area contributed by atoms with Gasteiger partial charge < -0.3 is 5.32 Å². The van der Waals surface area contributed by atoms with Gasteiger partial charge in [0.25, 0.3) is 0 Å². The van der Waals surface area contributed by atoms with Gasteiger partial charge >= 0.3 is 6.18 Å². The second-order valence-corrected chi connectivity index (χ2v) is 6.07. The van der Waals surface area contributed by atoms with Gasteiger partial charge in [-0.1, -0.05) is 18.6 Å². The first-order valence-electron chi connectivity index (χ1n) is 8.36. The lowest BCUT2D eigenvalue weighted by atomic mass is 9.93. The van der Waals surface area contributed by atoms with Crippen molar-refractivity contribution >= 4 is 12.4 Å². The van der Waals surface area contributed by atoms with E-state index in [0.29, 0.717) is 32.6 Å². The van der Waals surface area contributed by atoms with Crippen LogP contribution in [0.1, 0.15) is 42.9 Å². The smallest absolute Gasteiger partial charge is 0.314 e. The Labute approximate surface area is 152 Å². The molecule has 142 valence electrons. The summed E-state index contributed by atoms with van der Waals surface area (Å²) in [6.07, 6.45) is 0.165. The second kappa shape index (κ2) is 10.1. The highest BCUT2D eigenvalue weighted by Crippen LogP contribution is 2.39. The zero-order valence-corrected chi connectivity index (χ0v) is 14.9. The third-order valence-corrected chi connectivity index (χ3v) is 4.42. The van der Waals surface area contributed by atoms with E-state index in [9.17, 15) is 17.6 Å². The van der Waals surface area contributed by atoms with Crippen LogP contribution in [0.3, 0.4) is 0 Å². The molecule has 0 aromatic heterocycles. The number of nitrogens with zero attached hydrogens (tertiary/aromatic N) is 1. The largest absolute Gasteiger partial charge is 0.416 e. The minimum atomic E-state index is -4.55. The molecule has 0 radical (unpaired) electrons. The molecule has 2 rings (SSSR count). The van der Waals surface area contributed by atoms with Gasteiger partial charge in [-0.25, -0.2) is 4.39 Å². The van der Waals surface area contributed by atoms with Crippen LogP contribution in [-0.2, 0) is 6.18 Å². The van der Waals surface area contributed by atoms with E-state index < -0.39 is 23.6 Å². The molecule has 1 aromatic rings. The van der Waals surface area contributed by atoms with Crippen molar-refractivity contribution in [1.29, 1.82) is 0 Å². The number of allylic oxidation sites excluding steroid dienone is 1. The summed E-state index contributed by atoms with van der Waals surface area (Å²) in [5, 5.41) is 3.19. The van der Waals surface area contributed by atoms with E-state index in [0.717, 1.165) is 37.5 Å². The Hall–Kier alpha value is -1.11. The Morgan fingerprint density at radius 1 is 1.20 bits per heavy atom. The lowest BCUT2D eigenvalue weighted by Crippen LogP contribution is -2.45. The summed E-state index contributed by atoms with van der Waals surface area (Å²) in [5.74, 6) is -0.767. The van der Waals surface area contributed by atoms with Gasteiger partial charge in [-0.15, -0.1) is 19.0 Å². The molecule has 0 aliphatic carbocycles. The molecule has 1 atom stereocenters. The molecule has 1 saturated heterocycles. The molecule has 1 N–H and O–H groups in total. The van der Waals surface area contributed by atoms with Gasteiger partial charge in [0.2, 0.25) is 0 Å². The number of rotatable bonds is 7. The van der Waals surface area contributed by atoms with Crippen LogP contribution in [0.15, 0.2) is 30.9 Å². The van der Waals surface area contributed by atoms with Gasteiger partial charge in [0.05, 0.1) is 5.56 Å². The lowest BCUT2D eigenvalue weighted by Gasteiger charge is -2.36. The van der Waals surface area contributed by atoms with Gasteiger partial charge in [0.15, 0.2) is 0 Å². The molecule has 1 fully saturated rings. The van der Waals surface area contributed by atoms with Gasteiger partial charge in [-0.2, -0.15) is 13.2 Å². The van der Waals surface area contributed by atoms with Crippen molar-refractivity contribution in [1.82, 2.24) is 10.2 Å². The van der Waals surface area contributed by atoms with Crippen LogP contribution in [0, 0.1) is 5.82 Å². The number of unbranched alkanes of at least 4 members (excludes halogenated alkanes) is 2. The van der Waals surface area contributed by atoms with Crippen molar-refractivity contribution in [2.24, 2.45) is 0 Å². The Morgan fingerprint density at radius 2 is 1.88 bits per heavy atom. The first kappa shape index (κ1) is 21.9. The van der Waals surface area contributed by atoms with Crippen LogP contribution in [0.5, 0.6) is 0 Å². The maximum Gasteiger partial charge on any atom is 0.416 e. The van der Waals surface area contributed by atoms with Crippen molar-refractivity contribution in [2.45, 2.75) is 37.9 Å². The van der Waals surface area contributed by atoms with Crippen LogP contribution >= 0.6 is 12.4 Å². The zero-order chi connectivity index (χ0) is 17.6. The zero-order valence-electron chi connectivity index (χ0n) is 14.1. The lowest BCUT2D eigenvalue weighted by molar-refractivity contribution is -0.139.